The number of hydrogen-bond donors (Lipinski definition) is 1. The second kappa shape index (κ2) is 9.71. The molecule has 8 heteroatoms. The van der Waals surface area contributed by atoms with Gasteiger partial charge in [0.1, 0.15) is 11.6 Å². The molecule has 164 valence electrons. The second-order valence-electron chi connectivity index (χ2n) is 7.05. The van der Waals surface area contributed by atoms with E-state index in [2.05, 4.69) is 29.2 Å². The van der Waals surface area contributed by atoms with Gasteiger partial charge in [-0.1, -0.05) is 77.7 Å². The van der Waals surface area contributed by atoms with Gasteiger partial charge in [0.25, 0.3) is 5.56 Å². The van der Waals surface area contributed by atoms with E-state index >= 15 is 0 Å². The highest BCUT2D eigenvalue weighted by atomic mass is 127. The molecule has 1 aromatic heterocycles. The summed E-state index contributed by atoms with van der Waals surface area (Å²) < 4.78 is 42.9. The van der Waals surface area contributed by atoms with Crippen LogP contribution in [0.1, 0.15) is 33.4 Å². The van der Waals surface area contributed by atoms with E-state index in [0.29, 0.717) is 16.7 Å². The SMILES string of the molecule is C=Cc1cc(CI)ccc1Cn1c(-c2ccc(CO)cc2)cc(C(F)(F)F)c(C#N)c1=O. The summed E-state index contributed by atoms with van der Waals surface area (Å²) >= 11 is 2.22. The van der Waals surface area contributed by atoms with Gasteiger partial charge in [0.2, 0.25) is 0 Å². The van der Waals surface area contributed by atoms with Crippen LogP contribution >= 0.6 is 22.6 Å². The maximum Gasteiger partial charge on any atom is 0.417 e. The fraction of sp³-hybridized carbons (Fsp3) is 0.167. The molecule has 0 saturated heterocycles. The van der Waals surface area contributed by atoms with Crippen molar-refractivity contribution in [2.75, 3.05) is 0 Å². The van der Waals surface area contributed by atoms with Crippen LogP contribution in [0.4, 0.5) is 13.2 Å². The van der Waals surface area contributed by atoms with Gasteiger partial charge in [0.15, 0.2) is 0 Å². The summed E-state index contributed by atoms with van der Waals surface area (Å²) in [6, 6.07) is 14.1. The molecular weight excluding hydrogens is 532 g/mol. The highest BCUT2D eigenvalue weighted by Gasteiger charge is 2.36. The molecule has 3 aromatic rings. The predicted molar refractivity (Wildman–Crippen MR) is 125 cm³/mol. The molecule has 0 spiro atoms. The number of pyridine rings is 1. The fourth-order valence-electron chi connectivity index (χ4n) is 3.39. The first-order chi connectivity index (χ1) is 15.2. The Kier molecular flexibility index (Phi) is 7.21. The summed E-state index contributed by atoms with van der Waals surface area (Å²) in [5, 5.41) is 18.6. The number of alkyl halides is 4. The first-order valence-corrected chi connectivity index (χ1v) is 11.0. The average Bonchev–Trinajstić information content (AvgIpc) is 2.79. The Morgan fingerprint density at radius 3 is 2.31 bits per heavy atom. The van der Waals surface area contributed by atoms with Gasteiger partial charge < -0.3 is 9.67 Å². The summed E-state index contributed by atoms with van der Waals surface area (Å²) in [4.78, 5) is 13.1. The van der Waals surface area contributed by atoms with Gasteiger partial charge in [-0.3, -0.25) is 4.79 Å². The first-order valence-electron chi connectivity index (χ1n) is 9.49. The minimum atomic E-state index is -4.86. The first kappa shape index (κ1) is 23.8. The topological polar surface area (TPSA) is 66.0 Å². The van der Waals surface area contributed by atoms with Gasteiger partial charge >= 0.3 is 6.18 Å². The van der Waals surface area contributed by atoms with Crippen molar-refractivity contribution in [1.82, 2.24) is 4.57 Å². The Labute approximate surface area is 196 Å². The van der Waals surface area contributed by atoms with Crippen molar-refractivity contribution < 1.29 is 18.3 Å². The molecule has 0 aliphatic heterocycles. The summed E-state index contributed by atoms with van der Waals surface area (Å²) in [6.45, 7) is 3.54. The van der Waals surface area contributed by atoms with Gasteiger partial charge in [0, 0.05) is 4.43 Å². The molecule has 2 aromatic carbocycles. The Morgan fingerprint density at radius 2 is 1.78 bits per heavy atom. The van der Waals surface area contributed by atoms with Crippen LogP contribution in [0.5, 0.6) is 0 Å². The lowest BCUT2D eigenvalue weighted by Gasteiger charge is -2.19. The molecule has 0 amide bonds. The predicted octanol–water partition coefficient (Wildman–Crippen LogP) is 5.52. The molecule has 0 aliphatic carbocycles. The minimum absolute atomic E-state index is 0.0267. The van der Waals surface area contributed by atoms with Crippen LogP contribution in [0.25, 0.3) is 17.3 Å². The molecular formula is C24H18F3IN2O2. The Hall–Kier alpha value is -2.90. The van der Waals surface area contributed by atoms with Crippen molar-refractivity contribution in [2.45, 2.75) is 23.8 Å². The van der Waals surface area contributed by atoms with E-state index in [-0.39, 0.29) is 18.8 Å². The van der Waals surface area contributed by atoms with Crippen molar-refractivity contribution in [3.63, 3.8) is 0 Å². The standard InChI is InChI=1S/C24H18F3IN2O2/c1-2-17-9-16(11-28)5-8-19(17)13-30-22(18-6-3-15(14-31)4-7-18)10-21(24(25,26)27)20(12-29)23(30)32/h2-10,31H,1,11,13-14H2. The monoisotopic (exact) mass is 550 g/mol. The lowest BCUT2D eigenvalue weighted by atomic mass is 10.0. The van der Waals surface area contributed by atoms with Crippen LogP contribution in [-0.2, 0) is 23.8 Å². The maximum atomic E-state index is 13.6. The van der Waals surface area contributed by atoms with Crippen molar-refractivity contribution in [1.29, 1.82) is 5.26 Å². The summed E-state index contributed by atoms with van der Waals surface area (Å²) in [5.74, 6) is 0. The van der Waals surface area contributed by atoms with Gasteiger partial charge in [-0.25, -0.2) is 0 Å². The van der Waals surface area contributed by atoms with E-state index < -0.39 is 22.9 Å². The molecule has 0 fully saturated rings. The molecule has 0 unspecified atom stereocenters. The zero-order valence-corrected chi connectivity index (χ0v) is 18.9. The van der Waals surface area contributed by atoms with Crippen LogP contribution in [-0.4, -0.2) is 9.67 Å². The average molecular weight is 550 g/mol. The van der Waals surface area contributed by atoms with Gasteiger partial charge in [0.05, 0.1) is 24.4 Å². The third-order valence-electron chi connectivity index (χ3n) is 5.06. The molecule has 1 N–H and O–H groups in total. The van der Waals surface area contributed by atoms with Crippen LogP contribution in [0.15, 0.2) is 59.9 Å². The molecule has 1 heterocycles. The third kappa shape index (κ3) is 4.79. The van der Waals surface area contributed by atoms with E-state index in [1.165, 1.54) is 22.8 Å². The van der Waals surface area contributed by atoms with Crippen molar-refractivity contribution in [3.8, 4) is 17.3 Å². The molecule has 0 atom stereocenters. The van der Waals surface area contributed by atoms with Crippen LogP contribution in [0, 0.1) is 11.3 Å². The lowest BCUT2D eigenvalue weighted by Crippen LogP contribution is -2.29. The normalized spacial score (nSPS) is 11.2. The van der Waals surface area contributed by atoms with E-state index in [4.69, 9.17) is 0 Å². The zero-order chi connectivity index (χ0) is 23.5. The van der Waals surface area contributed by atoms with Crippen LogP contribution in [0.3, 0.4) is 0 Å². The zero-order valence-electron chi connectivity index (χ0n) is 16.8. The van der Waals surface area contributed by atoms with Crippen molar-refractivity contribution in [2.24, 2.45) is 0 Å². The highest BCUT2D eigenvalue weighted by molar-refractivity contribution is 14.1. The number of halogens is 4. The number of benzene rings is 2. The van der Waals surface area contributed by atoms with E-state index in [1.54, 1.807) is 24.3 Å². The Bertz CT molecular complexity index is 1260. The molecule has 3 rings (SSSR count). The van der Waals surface area contributed by atoms with Crippen LogP contribution < -0.4 is 5.56 Å². The number of nitrogens with zero attached hydrogens (tertiary/aromatic N) is 2. The number of aromatic nitrogens is 1. The number of nitriles is 1. The van der Waals surface area contributed by atoms with E-state index in [0.717, 1.165) is 21.6 Å². The number of aliphatic hydroxyl groups excluding tert-OH is 1. The maximum absolute atomic E-state index is 13.6. The Balaban J connectivity index is 2.29. The van der Waals surface area contributed by atoms with E-state index in [1.807, 2.05) is 12.1 Å². The third-order valence-corrected chi connectivity index (χ3v) is 5.94. The number of aliphatic hydroxyl groups is 1. The molecule has 0 aliphatic rings. The van der Waals surface area contributed by atoms with Gasteiger partial charge in [-0.2, -0.15) is 18.4 Å². The van der Waals surface area contributed by atoms with Gasteiger partial charge in [-0.05, 0) is 33.9 Å². The molecule has 0 radical (unpaired) electrons. The quantitative estimate of drug-likeness (QED) is 0.325. The summed E-state index contributed by atoms with van der Waals surface area (Å²) in [6.07, 6.45) is -3.24. The van der Waals surface area contributed by atoms with Crippen molar-refractivity contribution in [3.05, 3.63) is 98.8 Å². The highest BCUT2D eigenvalue weighted by Crippen LogP contribution is 2.34. The fourth-order valence-corrected chi connectivity index (χ4v) is 3.86. The summed E-state index contributed by atoms with van der Waals surface area (Å²) in [5.41, 5.74) is 0.216. The van der Waals surface area contributed by atoms with E-state index in [9.17, 15) is 28.3 Å². The van der Waals surface area contributed by atoms with Gasteiger partial charge in [-0.15, -0.1) is 0 Å². The van der Waals surface area contributed by atoms with Crippen LogP contribution in [0.2, 0.25) is 0 Å². The lowest BCUT2D eigenvalue weighted by molar-refractivity contribution is -0.137. The Morgan fingerprint density at radius 1 is 1.12 bits per heavy atom. The molecule has 4 nitrogen and oxygen atoms in total. The molecule has 0 bridgehead atoms. The largest absolute Gasteiger partial charge is 0.417 e. The minimum Gasteiger partial charge on any atom is -0.392 e. The number of hydrogen-bond acceptors (Lipinski definition) is 3. The smallest absolute Gasteiger partial charge is 0.392 e. The summed E-state index contributed by atoms with van der Waals surface area (Å²) in [7, 11) is 0. The second-order valence-corrected chi connectivity index (χ2v) is 7.81. The van der Waals surface area contributed by atoms with Crippen molar-refractivity contribution >= 4 is 28.7 Å². The molecule has 32 heavy (non-hydrogen) atoms. The molecule has 0 saturated carbocycles. The number of rotatable bonds is 6.